The minimum absolute atomic E-state index is 0.102. The number of phenolic OH excluding ortho intramolecular Hbond substituents is 1. The molecule has 0 atom stereocenters. The number of hydrogen-bond donors (Lipinski definition) is 2. The van der Waals surface area contributed by atoms with Gasteiger partial charge in [-0.1, -0.05) is 17.7 Å². The summed E-state index contributed by atoms with van der Waals surface area (Å²) in [5.74, 6) is 1.30. The molecule has 0 saturated carbocycles. The van der Waals surface area contributed by atoms with Gasteiger partial charge in [0.2, 0.25) is 0 Å². The topological polar surface area (TPSA) is 82.4 Å². The van der Waals surface area contributed by atoms with Crippen molar-refractivity contribution in [3.05, 3.63) is 69.3 Å². The summed E-state index contributed by atoms with van der Waals surface area (Å²) in [5.41, 5.74) is 3.41. The quantitative estimate of drug-likeness (QED) is 0.768. The summed E-state index contributed by atoms with van der Waals surface area (Å²) in [6.45, 7) is 3.95. The van der Waals surface area contributed by atoms with Crippen molar-refractivity contribution in [3.63, 3.8) is 0 Å². The van der Waals surface area contributed by atoms with Crippen LogP contribution in [-0.4, -0.2) is 26.5 Å². The lowest BCUT2D eigenvalue weighted by atomic mass is 10.0. The van der Waals surface area contributed by atoms with Crippen molar-refractivity contribution >= 4 is 0 Å². The molecule has 128 valence electrons. The molecule has 2 N–H and O–H groups in total. The van der Waals surface area contributed by atoms with E-state index in [1.165, 1.54) is 0 Å². The Labute approximate surface area is 144 Å². The van der Waals surface area contributed by atoms with Crippen LogP contribution in [0.15, 0.2) is 45.8 Å². The SMILES string of the molecule is Cc1ccc(O)c(CN2CCc3c(nc(-c4ccco4)[nH]c3=O)C2)c1. The first kappa shape index (κ1) is 15.7. The summed E-state index contributed by atoms with van der Waals surface area (Å²) >= 11 is 0. The lowest BCUT2D eigenvalue weighted by molar-refractivity contribution is 0.237. The summed E-state index contributed by atoms with van der Waals surface area (Å²) in [5, 5.41) is 10.1. The van der Waals surface area contributed by atoms with E-state index in [4.69, 9.17) is 4.42 Å². The Kier molecular flexibility index (Phi) is 3.89. The Morgan fingerprint density at radius 3 is 3.04 bits per heavy atom. The number of nitrogens with zero attached hydrogens (tertiary/aromatic N) is 2. The average Bonchev–Trinajstić information content (AvgIpc) is 3.12. The number of fused-ring (bicyclic) bond motifs is 1. The maximum absolute atomic E-state index is 12.3. The predicted octanol–water partition coefficient (Wildman–Crippen LogP) is 2.60. The highest BCUT2D eigenvalue weighted by Crippen LogP contribution is 2.24. The normalized spacial score (nSPS) is 14.4. The lowest BCUT2D eigenvalue weighted by Gasteiger charge is -2.28. The summed E-state index contributed by atoms with van der Waals surface area (Å²) < 4.78 is 5.34. The number of H-pyrrole nitrogens is 1. The molecule has 0 unspecified atom stereocenters. The molecule has 0 radical (unpaired) electrons. The van der Waals surface area contributed by atoms with Crippen LogP contribution in [0.2, 0.25) is 0 Å². The highest BCUT2D eigenvalue weighted by atomic mass is 16.3. The van der Waals surface area contributed by atoms with Crippen LogP contribution in [0.5, 0.6) is 5.75 Å². The molecule has 0 amide bonds. The van der Waals surface area contributed by atoms with Gasteiger partial charge < -0.3 is 14.5 Å². The molecule has 3 heterocycles. The molecule has 1 aliphatic heterocycles. The first-order valence-electron chi connectivity index (χ1n) is 8.27. The van der Waals surface area contributed by atoms with Crippen molar-refractivity contribution in [2.45, 2.75) is 26.4 Å². The van der Waals surface area contributed by atoms with Crippen LogP contribution < -0.4 is 5.56 Å². The molecule has 2 aromatic heterocycles. The number of rotatable bonds is 3. The number of benzene rings is 1. The molecule has 3 aromatic rings. The van der Waals surface area contributed by atoms with Crippen LogP contribution in [0, 0.1) is 6.92 Å². The van der Waals surface area contributed by atoms with Gasteiger partial charge in [0.15, 0.2) is 11.6 Å². The van der Waals surface area contributed by atoms with Gasteiger partial charge in [0.25, 0.3) is 5.56 Å². The van der Waals surface area contributed by atoms with Crippen molar-refractivity contribution in [2.75, 3.05) is 6.54 Å². The number of aromatic amines is 1. The van der Waals surface area contributed by atoms with Crippen LogP contribution >= 0.6 is 0 Å². The van der Waals surface area contributed by atoms with Gasteiger partial charge in [-0.25, -0.2) is 4.98 Å². The molecular formula is C19H19N3O3. The molecule has 6 nitrogen and oxygen atoms in total. The van der Waals surface area contributed by atoms with Crippen LogP contribution in [0.25, 0.3) is 11.6 Å². The van der Waals surface area contributed by atoms with Crippen LogP contribution in [0.4, 0.5) is 0 Å². The van der Waals surface area contributed by atoms with Gasteiger partial charge in [0, 0.05) is 30.8 Å². The third kappa shape index (κ3) is 3.08. The smallest absolute Gasteiger partial charge is 0.254 e. The zero-order valence-corrected chi connectivity index (χ0v) is 14.0. The number of furan rings is 1. The van der Waals surface area contributed by atoms with Crippen molar-refractivity contribution < 1.29 is 9.52 Å². The van der Waals surface area contributed by atoms with E-state index in [0.29, 0.717) is 36.8 Å². The second-order valence-electron chi connectivity index (χ2n) is 6.41. The van der Waals surface area contributed by atoms with Crippen molar-refractivity contribution in [2.24, 2.45) is 0 Å². The molecule has 6 heteroatoms. The van der Waals surface area contributed by atoms with Gasteiger partial charge >= 0.3 is 0 Å². The van der Waals surface area contributed by atoms with Gasteiger partial charge in [-0.3, -0.25) is 9.69 Å². The zero-order valence-electron chi connectivity index (χ0n) is 14.0. The van der Waals surface area contributed by atoms with Crippen LogP contribution in [0.1, 0.15) is 22.4 Å². The second-order valence-corrected chi connectivity index (χ2v) is 6.41. The largest absolute Gasteiger partial charge is 0.508 e. The third-order valence-electron chi connectivity index (χ3n) is 4.54. The van der Waals surface area contributed by atoms with Crippen molar-refractivity contribution in [1.82, 2.24) is 14.9 Å². The van der Waals surface area contributed by atoms with E-state index >= 15 is 0 Å². The number of aromatic hydroxyl groups is 1. The molecule has 0 spiro atoms. The van der Waals surface area contributed by atoms with E-state index in [1.807, 2.05) is 19.1 Å². The standard InChI is InChI=1S/C19H19N3O3/c1-12-4-5-16(23)13(9-12)10-22-7-6-14-15(11-22)20-18(21-19(14)24)17-3-2-8-25-17/h2-5,8-9,23H,6-7,10-11H2,1H3,(H,20,21,24). The van der Waals surface area contributed by atoms with E-state index in [-0.39, 0.29) is 5.56 Å². The second kappa shape index (κ2) is 6.22. The van der Waals surface area contributed by atoms with E-state index in [9.17, 15) is 9.90 Å². The molecule has 0 fully saturated rings. The Balaban J connectivity index is 1.62. The van der Waals surface area contributed by atoms with Crippen molar-refractivity contribution in [1.29, 1.82) is 0 Å². The molecule has 1 aliphatic rings. The molecular weight excluding hydrogens is 318 g/mol. The first-order chi connectivity index (χ1) is 12.1. The van der Waals surface area contributed by atoms with Crippen LogP contribution in [0.3, 0.4) is 0 Å². The lowest BCUT2D eigenvalue weighted by Crippen LogP contribution is -2.35. The number of aromatic nitrogens is 2. The Morgan fingerprint density at radius 2 is 2.24 bits per heavy atom. The van der Waals surface area contributed by atoms with Crippen molar-refractivity contribution in [3.8, 4) is 17.3 Å². The summed E-state index contributed by atoms with van der Waals surface area (Å²) in [6, 6.07) is 9.14. The number of aryl methyl sites for hydroxylation is 1. The number of phenols is 1. The molecule has 0 saturated heterocycles. The zero-order chi connectivity index (χ0) is 17.4. The van der Waals surface area contributed by atoms with E-state index < -0.39 is 0 Å². The fraction of sp³-hybridized carbons (Fsp3) is 0.263. The Bertz CT molecular complexity index is 961. The van der Waals surface area contributed by atoms with Gasteiger partial charge in [-0.15, -0.1) is 0 Å². The van der Waals surface area contributed by atoms with Gasteiger partial charge in [0.05, 0.1) is 12.0 Å². The fourth-order valence-electron chi connectivity index (χ4n) is 3.24. The van der Waals surface area contributed by atoms with E-state index in [2.05, 4.69) is 14.9 Å². The molecule has 25 heavy (non-hydrogen) atoms. The first-order valence-corrected chi connectivity index (χ1v) is 8.27. The molecule has 0 aliphatic carbocycles. The van der Waals surface area contributed by atoms with E-state index in [0.717, 1.165) is 28.9 Å². The molecule has 1 aromatic carbocycles. The minimum atomic E-state index is -0.102. The predicted molar refractivity (Wildman–Crippen MR) is 93.2 cm³/mol. The van der Waals surface area contributed by atoms with Gasteiger partial charge in [-0.05, 0) is 31.5 Å². The Morgan fingerprint density at radius 1 is 1.36 bits per heavy atom. The average molecular weight is 337 g/mol. The maximum atomic E-state index is 12.3. The summed E-state index contributed by atoms with van der Waals surface area (Å²) in [6.07, 6.45) is 2.20. The fourth-order valence-corrected chi connectivity index (χ4v) is 3.24. The highest BCUT2D eigenvalue weighted by molar-refractivity contribution is 5.47. The van der Waals surface area contributed by atoms with Gasteiger partial charge in [0.1, 0.15) is 5.75 Å². The monoisotopic (exact) mass is 337 g/mol. The van der Waals surface area contributed by atoms with E-state index in [1.54, 1.807) is 24.5 Å². The number of nitrogens with one attached hydrogen (secondary N) is 1. The molecule has 0 bridgehead atoms. The summed E-state index contributed by atoms with van der Waals surface area (Å²) in [7, 11) is 0. The Hall–Kier alpha value is -2.86. The minimum Gasteiger partial charge on any atom is -0.508 e. The third-order valence-corrected chi connectivity index (χ3v) is 4.54. The van der Waals surface area contributed by atoms with Crippen LogP contribution in [-0.2, 0) is 19.5 Å². The van der Waals surface area contributed by atoms with Gasteiger partial charge in [-0.2, -0.15) is 0 Å². The highest BCUT2D eigenvalue weighted by Gasteiger charge is 2.22. The summed E-state index contributed by atoms with van der Waals surface area (Å²) in [4.78, 5) is 21.9. The number of hydrogen-bond acceptors (Lipinski definition) is 5. The molecule has 4 rings (SSSR count). The maximum Gasteiger partial charge on any atom is 0.254 e.